The first-order chi connectivity index (χ1) is 7.27. The first-order valence-electron chi connectivity index (χ1n) is 4.90. The topological polar surface area (TPSA) is 33.0 Å². The van der Waals surface area contributed by atoms with Gasteiger partial charge in [0, 0.05) is 24.4 Å². The number of methoxy groups -OCH3 is 1. The van der Waals surface area contributed by atoms with Crippen LogP contribution in [0, 0.1) is 18.3 Å². The molecule has 0 N–H and O–H groups in total. The van der Waals surface area contributed by atoms with Gasteiger partial charge in [0.2, 0.25) is 0 Å². The van der Waals surface area contributed by atoms with Gasteiger partial charge in [-0.2, -0.15) is 5.26 Å². The van der Waals surface area contributed by atoms with Crippen LogP contribution in [0.1, 0.15) is 17.5 Å². The fourth-order valence-electron chi connectivity index (χ4n) is 1.24. The molecule has 3 heteroatoms. The van der Waals surface area contributed by atoms with Gasteiger partial charge < -0.3 is 4.74 Å². The number of ether oxygens (including phenoxy) is 1. The average molecular weight is 221 g/mol. The smallest absolute Gasteiger partial charge is 0.0994 e. The molecule has 0 heterocycles. The Morgan fingerprint density at radius 2 is 2.27 bits per heavy atom. The van der Waals surface area contributed by atoms with Gasteiger partial charge in [-0.25, -0.2) is 0 Å². The highest BCUT2D eigenvalue weighted by molar-refractivity contribution is 7.99. The second kappa shape index (κ2) is 6.49. The monoisotopic (exact) mass is 221 g/mol. The van der Waals surface area contributed by atoms with E-state index in [0.717, 1.165) is 29.9 Å². The minimum atomic E-state index is 0.760. The van der Waals surface area contributed by atoms with E-state index in [2.05, 4.69) is 12.1 Å². The van der Waals surface area contributed by atoms with Gasteiger partial charge in [0.15, 0.2) is 0 Å². The fourth-order valence-corrected chi connectivity index (χ4v) is 2.17. The molecule has 0 saturated heterocycles. The molecule has 0 bridgehead atoms. The Hall–Kier alpha value is -0.980. The Labute approximate surface area is 95.3 Å². The predicted octanol–water partition coefficient (Wildman–Crippen LogP) is 3.00. The minimum absolute atomic E-state index is 0.760. The summed E-state index contributed by atoms with van der Waals surface area (Å²) in [6.45, 7) is 2.78. The summed E-state index contributed by atoms with van der Waals surface area (Å²) in [5, 5.41) is 8.78. The van der Waals surface area contributed by atoms with Gasteiger partial charge in [0.05, 0.1) is 11.6 Å². The van der Waals surface area contributed by atoms with Gasteiger partial charge in [0.25, 0.3) is 0 Å². The third kappa shape index (κ3) is 3.94. The Morgan fingerprint density at radius 3 is 2.87 bits per heavy atom. The summed E-state index contributed by atoms with van der Waals surface area (Å²) in [7, 11) is 1.72. The maximum absolute atomic E-state index is 8.78. The largest absolute Gasteiger partial charge is 0.385 e. The number of rotatable bonds is 5. The van der Waals surface area contributed by atoms with Gasteiger partial charge in [-0.3, -0.25) is 0 Å². The van der Waals surface area contributed by atoms with Crippen molar-refractivity contribution in [3.63, 3.8) is 0 Å². The molecule has 0 atom stereocenters. The Bertz CT molecular complexity index is 357. The molecule has 0 saturated carbocycles. The Kier molecular flexibility index (Phi) is 5.23. The Balaban J connectivity index is 2.49. The Morgan fingerprint density at radius 1 is 1.47 bits per heavy atom. The number of nitriles is 1. The van der Waals surface area contributed by atoms with E-state index in [1.807, 2.05) is 19.1 Å². The molecular weight excluding hydrogens is 206 g/mol. The standard InChI is InChI=1S/C12H15NOS/c1-10-8-12(5-4-11(10)9-13)15-7-3-6-14-2/h4-5,8H,3,6-7H2,1-2H3. The van der Waals surface area contributed by atoms with Crippen molar-refractivity contribution in [1.29, 1.82) is 5.26 Å². The summed E-state index contributed by atoms with van der Waals surface area (Å²) < 4.78 is 4.98. The molecule has 80 valence electrons. The summed E-state index contributed by atoms with van der Waals surface area (Å²) >= 11 is 1.80. The minimum Gasteiger partial charge on any atom is -0.385 e. The molecule has 15 heavy (non-hydrogen) atoms. The number of hydrogen-bond donors (Lipinski definition) is 0. The van der Waals surface area contributed by atoms with Gasteiger partial charge >= 0.3 is 0 Å². The van der Waals surface area contributed by atoms with Crippen molar-refractivity contribution in [2.45, 2.75) is 18.2 Å². The molecule has 1 aromatic carbocycles. The zero-order valence-corrected chi connectivity index (χ0v) is 9.93. The average Bonchev–Trinajstić information content (AvgIpc) is 2.25. The van der Waals surface area contributed by atoms with Gasteiger partial charge in [0.1, 0.15) is 0 Å². The molecule has 0 aliphatic rings. The molecule has 1 aromatic rings. The van der Waals surface area contributed by atoms with Crippen molar-refractivity contribution in [2.75, 3.05) is 19.5 Å². The van der Waals surface area contributed by atoms with Gasteiger partial charge in [-0.1, -0.05) is 0 Å². The van der Waals surface area contributed by atoms with E-state index in [4.69, 9.17) is 10.00 Å². The van der Waals surface area contributed by atoms with Crippen LogP contribution in [-0.2, 0) is 4.74 Å². The van der Waals surface area contributed by atoms with Crippen LogP contribution in [-0.4, -0.2) is 19.5 Å². The van der Waals surface area contributed by atoms with E-state index in [-0.39, 0.29) is 0 Å². The molecular formula is C12H15NOS. The third-order valence-electron chi connectivity index (χ3n) is 2.08. The molecule has 0 amide bonds. The molecule has 0 aromatic heterocycles. The van der Waals surface area contributed by atoms with E-state index < -0.39 is 0 Å². The lowest BCUT2D eigenvalue weighted by molar-refractivity contribution is 0.200. The maximum atomic E-state index is 8.78. The maximum Gasteiger partial charge on any atom is 0.0994 e. The number of nitrogens with zero attached hydrogens (tertiary/aromatic N) is 1. The number of thioether (sulfide) groups is 1. The van der Waals surface area contributed by atoms with Crippen molar-refractivity contribution < 1.29 is 4.74 Å². The molecule has 1 rings (SSSR count). The van der Waals surface area contributed by atoms with Crippen LogP contribution in [0.5, 0.6) is 0 Å². The normalized spacial score (nSPS) is 9.93. The van der Waals surface area contributed by atoms with Crippen LogP contribution >= 0.6 is 11.8 Å². The zero-order valence-electron chi connectivity index (χ0n) is 9.12. The number of hydrogen-bond acceptors (Lipinski definition) is 3. The third-order valence-corrected chi connectivity index (χ3v) is 3.16. The van der Waals surface area contributed by atoms with Crippen molar-refractivity contribution in [1.82, 2.24) is 0 Å². The molecule has 0 fully saturated rings. The van der Waals surface area contributed by atoms with E-state index >= 15 is 0 Å². The van der Waals surface area contributed by atoms with Crippen molar-refractivity contribution in [3.8, 4) is 6.07 Å². The van der Waals surface area contributed by atoms with E-state index in [9.17, 15) is 0 Å². The van der Waals surface area contributed by atoms with E-state index in [0.29, 0.717) is 0 Å². The number of aryl methyl sites for hydroxylation is 1. The fraction of sp³-hybridized carbons (Fsp3) is 0.417. The molecule has 0 aliphatic carbocycles. The van der Waals surface area contributed by atoms with Crippen molar-refractivity contribution in [3.05, 3.63) is 29.3 Å². The zero-order chi connectivity index (χ0) is 11.1. The van der Waals surface area contributed by atoms with Crippen LogP contribution in [0.2, 0.25) is 0 Å². The lowest BCUT2D eigenvalue weighted by atomic mass is 10.1. The van der Waals surface area contributed by atoms with E-state index in [1.165, 1.54) is 4.90 Å². The highest BCUT2D eigenvalue weighted by Crippen LogP contribution is 2.21. The van der Waals surface area contributed by atoms with Crippen LogP contribution < -0.4 is 0 Å². The SMILES string of the molecule is COCCCSc1ccc(C#N)c(C)c1. The highest BCUT2D eigenvalue weighted by Gasteiger charge is 1.99. The van der Waals surface area contributed by atoms with Crippen LogP contribution in [0.4, 0.5) is 0 Å². The van der Waals surface area contributed by atoms with Gasteiger partial charge in [-0.05, 0) is 37.1 Å². The molecule has 0 unspecified atom stereocenters. The van der Waals surface area contributed by atoms with Crippen LogP contribution in [0.3, 0.4) is 0 Å². The van der Waals surface area contributed by atoms with E-state index in [1.54, 1.807) is 18.9 Å². The van der Waals surface area contributed by atoms with Crippen LogP contribution in [0.15, 0.2) is 23.1 Å². The van der Waals surface area contributed by atoms with Gasteiger partial charge in [-0.15, -0.1) is 11.8 Å². The summed E-state index contributed by atoms with van der Waals surface area (Å²) in [4.78, 5) is 1.22. The molecule has 0 radical (unpaired) electrons. The van der Waals surface area contributed by atoms with Crippen molar-refractivity contribution in [2.24, 2.45) is 0 Å². The highest BCUT2D eigenvalue weighted by atomic mass is 32.2. The summed E-state index contributed by atoms with van der Waals surface area (Å²) in [5.41, 5.74) is 1.81. The molecule has 0 aliphatic heterocycles. The lowest BCUT2D eigenvalue weighted by Gasteiger charge is -2.03. The van der Waals surface area contributed by atoms with Crippen molar-refractivity contribution >= 4 is 11.8 Å². The predicted molar refractivity (Wildman–Crippen MR) is 63.1 cm³/mol. The van der Waals surface area contributed by atoms with Crippen LogP contribution in [0.25, 0.3) is 0 Å². The number of benzene rings is 1. The summed E-state index contributed by atoms with van der Waals surface area (Å²) in [6, 6.07) is 8.12. The molecule has 2 nitrogen and oxygen atoms in total. The lowest BCUT2D eigenvalue weighted by Crippen LogP contribution is -1.90. The second-order valence-electron chi connectivity index (χ2n) is 3.28. The summed E-state index contributed by atoms with van der Waals surface area (Å²) in [6.07, 6.45) is 1.06. The molecule has 0 spiro atoms. The second-order valence-corrected chi connectivity index (χ2v) is 4.45. The first kappa shape index (κ1) is 12.1. The summed E-state index contributed by atoms with van der Waals surface area (Å²) in [5.74, 6) is 1.05. The quantitative estimate of drug-likeness (QED) is 0.566. The first-order valence-corrected chi connectivity index (χ1v) is 5.89.